The zero-order valence-corrected chi connectivity index (χ0v) is 12.4. The first kappa shape index (κ1) is 14.5. The van der Waals surface area contributed by atoms with E-state index in [1.165, 1.54) is 0 Å². The van der Waals surface area contributed by atoms with Crippen LogP contribution >= 0.6 is 0 Å². The molecule has 3 nitrogen and oxygen atoms in total. The Bertz CT molecular complexity index is 304. The van der Waals surface area contributed by atoms with Crippen molar-refractivity contribution in [2.24, 2.45) is 27.9 Å². The van der Waals surface area contributed by atoms with Crippen LogP contribution in [-0.4, -0.2) is 30.9 Å². The maximum Gasteiger partial charge on any atom is 0.226 e. The zero-order valence-electron chi connectivity index (χ0n) is 12.4. The summed E-state index contributed by atoms with van der Waals surface area (Å²) in [6, 6.07) is 0. The van der Waals surface area contributed by atoms with E-state index >= 15 is 0 Å². The van der Waals surface area contributed by atoms with Crippen molar-refractivity contribution >= 4 is 5.91 Å². The molecule has 1 rings (SSSR count). The number of carbonyl (C=O) groups is 1. The van der Waals surface area contributed by atoms with Crippen LogP contribution in [0.4, 0.5) is 0 Å². The average Bonchev–Trinajstić information content (AvgIpc) is 2.56. The highest BCUT2D eigenvalue weighted by Crippen LogP contribution is 2.68. The Kier molecular flexibility index (Phi) is 3.39. The second kappa shape index (κ2) is 3.98. The molecule has 1 saturated carbocycles. The molecule has 0 heterocycles. The maximum atomic E-state index is 12.4. The Morgan fingerprint density at radius 1 is 1.24 bits per heavy atom. The molecule has 0 aromatic carbocycles. The standard InChI is InChI=1S/C14H28N2O/c1-12(2,8-15)9-16(7)11(17)10-13(3,4)14(10,5)6/h10H,8-9,15H2,1-7H3. The van der Waals surface area contributed by atoms with Crippen molar-refractivity contribution in [3.63, 3.8) is 0 Å². The van der Waals surface area contributed by atoms with Crippen LogP contribution in [0, 0.1) is 22.2 Å². The number of nitrogens with two attached hydrogens (primary N) is 1. The highest BCUT2D eigenvalue weighted by molar-refractivity contribution is 5.84. The van der Waals surface area contributed by atoms with Crippen LogP contribution in [-0.2, 0) is 4.79 Å². The molecule has 1 aliphatic rings. The van der Waals surface area contributed by atoms with Crippen molar-refractivity contribution in [2.45, 2.75) is 41.5 Å². The third kappa shape index (κ3) is 2.35. The summed E-state index contributed by atoms with van der Waals surface area (Å²) in [4.78, 5) is 14.3. The molecule has 1 aliphatic carbocycles. The molecule has 0 atom stereocenters. The minimum atomic E-state index is -0.00636. The van der Waals surface area contributed by atoms with Gasteiger partial charge in [0.25, 0.3) is 0 Å². The fourth-order valence-electron chi connectivity index (χ4n) is 2.82. The van der Waals surface area contributed by atoms with Gasteiger partial charge in [-0.05, 0) is 22.8 Å². The molecule has 1 amide bonds. The van der Waals surface area contributed by atoms with E-state index in [-0.39, 0.29) is 28.1 Å². The van der Waals surface area contributed by atoms with E-state index in [1.54, 1.807) is 0 Å². The summed E-state index contributed by atoms with van der Waals surface area (Å²) in [6.07, 6.45) is 0. The second-order valence-electron chi connectivity index (χ2n) is 7.44. The van der Waals surface area contributed by atoms with Gasteiger partial charge in [0.15, 0.2) is 0 Å². The summed E-state index contributed by atoms with van der Waals surface area (Å²) in [5, 5.41) is 0. The smallest absolute Gasteiger partial charge is 0.226 e. The van der Waals surface area contributed by atoms with Crippen LogP contribution in [0.1, 0.15) is 41.5 Å². The quantitative estimate of drug-likeness (QED) is 0.818. The van der Waals surface area contributed by atoms with Crippen molar-refractivity contribution in [3.8, 4) is 0 Å². The van der Waals surface area contributed by atoms with Crippen LogP contribution in [0.15, 0.2) is 0 Å². The summed E-state index contributed by atoms with van der Waals surface area (Å²) >= 11 is 0. The summed E-state index contributed by atoms with van der Waals surface area (Å²) in [7, 11) is 1.89. The van der Waals surface area contributed by atoms with Crippen molar-refractivity contribution in [1.82, 2.24) is 4.90 Å². The average molecular weight is 240 g/mol. The van der Waals surface area contributed by atoms with E-state index in [9.17, 15) is 4.79 Å². The minimum Gasteiger partial charge on any atom is -0.345 e. The number of amides is 1. The Labute approximate surface area is 106 Å². The number of hydrogen-bond acceptors (Lipinski definition) is 2. The van der Waals surface area contributed by atoms with Crippen molar-refractivity contribution in [2.75, 3.05) is 20.1 Å². The van der Waals surface area contributed by atoms with Gasteiger partial charge in [0.05, 0.1) is 0 Å². The van der Waals surface area contributed by atoms with E-state index in [0.717, 1.165) is 6.54 Å². The topological polar surface area (TPSA) is 46.3 Å². The van der Waals surface area contributed by atoms with Gasteiger partial charge in [0.2, 0.25) is 5.91 Å². The molecule has 0 aromatic rings. The second-order valence-corrected chi connectivity index (χ2v) is 7.44. The first-order valence-electron chi connectivity index (χ1n) is 6.42. The first-order chi connectivity index (χ1) is 7.47. The highest BCUT2D eigenvalue weighted by Gasteiger charge is 2.68. The minimum absolute atomic E-state index is 0.00636. The van der Waals surface area contributed by atoms with Crippen molar-refractivity contribution in [1.29, 1.82) is 0 Å². The summed E-state index contributed by atoms with van der Waals surface area (Å²) in [5.74, 6) is 0.412. The maximum absolute atomic E-state index is 12.4. The van der Waals surface area contributed by atoms with Gasteiger partial charge in [0.1, 0.15) is 0 Å². The largest absolute Gasteiger partial charge is 0.345 e. The van der Waals surface area contributed by atoms with Gasteiger partial charge in [0, 0.05) is 19.5 Å². The Hall–Kier alpha value is -0.570. The Morgan fingerprint density at radius 3 is 1.94 bits per heavy atom. The van der Waals surface area contributed by atoms with Crippen LogP contribution in [0.5, 0.6) is 0 Å². The van der Waals surface area contributed by atoms with E-state index in [1.807, 2.05) is 11.9 Å². The van der Waals surface area contributed by atoms with Crippen LogP contribution in [0.2, 0.25) is 0 Å². The van der Waals surface area contributed by atoms with E-state index in [2.05, 4.69) is 41.5 Å². The number of hydrogen-bond donors (Lipinski definition) is 1. The van der Waals surface area contributed by atoms with Crippen molar-refractivity contribution < 1.29 is 4.79 Å². The fourth-order valence-corrected chi connectivity index (χ4v) is 2.82. The molecule has 0 radical (unpaired) electrons. The normalized spacial score (nSPS) is 22.4. The monoisotopic (exact) mass is 240 g/mol. The predicted octanol–water partition coefficient (Wildman–Crippen LogP) is 2.11. The van der Waals surface area contributed by atoms with Gasteiger partial charge in [-0.2, -0.15) is 0 Å². The lowest BCUT2D eigenvalue weighted by Crippen LogP contribution is -2.41. The number of nitrogens with zero attached hydrogens (tertiary/aromatic N) is 1. The lowest BCUT2D eigenvalue weighted by molar-refractivity contribution is -0.133. The third-order valence-corrected chi connectivity index (χ3v) is 4.86. The molecule has 17 heavy (non-hydrogen) atoms. The molecule has 0 spiro atoms. The first-order valence-corrected chi connectivity index (χ1v) is 6.42. The summed E-state index contributed by atoms with van der Waals surface area (Å²) in [6.45, 7) is 14.2. The van der Waals surface area contributed by atoms with Crippen LogP contribution < -0.4 is 5.73 Å². The molecule has 2 N–H and O–H groups in total. The van der Waals surface area contributed by atoms with Gasteiger partial charge in [-0.3, -0.25) is 4.79 Å². The van der Waals surface area contributed by atoms with Gasteiger partial charge >= 0.3 is 0 Å². The van der Waals surface area contributed by atoms with Gasteiger partial charge in [-0.1, -0.05) is 41.5 Å². The van der Waals surface area contributed by atoms with E-state index < -0.39 is 0 Å². The molecule has 3 heteroatoms. The lowest BCUT2D eigenvalue weighted by atomic mass is 9.93. The van der Waals surface area contributed by atoms with E-state index in [4.69, 9.17) is 5.73 Å². The molecule has 0 aromatic heterocycles. The SMILES string of the molecule is CN(CC(C)(C)CN)C(=O)C1C(C)(C)C1(C)C. The van der Waals surface area contributed by atoms with Gasteiger partial charge < -0.3 is 10.6 Å². The molecule has 0 aliphatic heterocycles. The molecule has 0 unspecified atom stereocenters. The van der Waals surface area contributed by atoms with Crippen LogP contribution in [0.25, 0.3) is 0 Å². The molecule has 1 fully saturated rings. The van der Waals surface area contributed by atoms with Gasteiger partial charge in [-0.15, -0.1) is 0 Å². The molecule has 0 bridgehead atoms. The zero-order chi connectivity index (χ0) is 13.6. The fraction of sp³-hybridized carbons (Fsp3) is 0.929. The summed E-state index contributed by atoms with van der Waals surface area (Å²) in [5.41, 5.74) is 5.94. The molecular formula is C14H28N2O. The Morgan fingerprint density at radius 2 is 1.65 bits per heavy atom. The lowest BCUT2D eigenvalue weighted by Gasteiger charge is -2.29. The number of rotatable bonds is 4. The van der Waals surface area contributed by atoms with Crippen LogP contribution in [0.3, 0.4) is 0 Å². The molecule has 0 saturated heterocycles. The Balaban J connectivity index is 2.68. The predicted molar refractivity (Wildman–Crippen MR) is 71.5 cm³/mol. The van der Waals surface area contributed by atoms with Crippen molar-refractivity contribution in [3.05, 3.63) is 0 Å². The highest BCUT2D eigenvalue weighted by atomic mass is 16.2. The van der Waals surface area contributed by atoms with Gasteiger partial charge in [-0.25, -0.2) is 0 Å². The summed E-state index contributed by atoms with van der Waals surface area (Å²) < 4.78 is 0. The molecular weight excluding hydrogens is 212 g/mol. The third-order valence-electron chi connectivity index (χ3n) is 4.86. The van der Waals surface area contributed by atoms with E-state index in [0.29, 0.717) is 6.54 Å². The molecule has 100 valence electrons. The number of carbonyl (C=O) groups excluding carboxylic acids is 1.